The highest BCUT2D eigenvalue weighted by atomic mass is 35.5. The highest BCUT2D eigenvalue weighted by Crippen LogP contribution is 2.35. The van der Waals surface area contributed by atoms with Gasteiger partial charge in [0.25, 0.3) is 0 Å². The summed E-state index contributed by atoms with van der Waals surface area (Å²) in [6.45, 7) is 0. The lowest BCUT2D eigenvalue weighted by Crippen LogP contribution is -2.10. The Morgan fingerprint density at radius 1 is 0.762 bits per heavy atom. The van der Waals surface area contributed by atoms with E-state index in [1.54, 1.807) is 0 Å². The molecule has 9 heteroatoms. The van der Waals surface area contributed by atoms with E-state index in [2.05, 4.69) is 0 Å². The first kappa shape index (κ1) is 17.0. The van der Waals surface area contributed by atoms with Crippen LogP contribution in [-0.4, -0.2) is 8.42 Å². The molecule has 0 N–H and O–H groups in total. The molecule has 112 valence electrons. The monoisotopic (exact) mass is 404 g/mol. The molecule has 0 aliphatic rings. The maximum absolute atomic E-state index is 12.2. The van der Waals surface area contributed by atoms with E-state index < -0.39 is 10.1 Å². The molecule has 0 atom stereocenters. The topological polar surface area (TPSA) is 43.4 Å². The lowest BCUT2D eigenvalue weighted by atomic mass is 10.3. The first-order valence-corrected chi connectivity index (χ1v) is 8.54. The van der Waals surface area contributed by atoms with Crippen LogP contribution in [0.2, 0.25) is 25.1 Å². The molecule has 0 amide bonds. The Hall–Kier alpha value is -0.360. The Balaban J connectivity index is 2.48. The van der Waals surface area contributed by atoms with E-state index in [0.29, 0.717) is 0 Å². The van der Waals surface area contributed by atoms with Crippen LogP contribution in [0.5, 0.6) is 5.75 Å². The van der Waals surface area contributed by atoms with Gasteiger partial charge in [-0.15, -0.1) is 0 Å². The summed E-state index contributed by atoms with van der Waals surface area (Å²) in [7, 11) is -4.24. The van der Waals surface area contributed by atoms with Crippen LogP contribution in [0.3, 0.4) is 0 Å². The number of halogens is 5. The van der Waals surface area contributed by atoms with E-state index in [1.165, 1.54) is 24.3 Å². The van der Waals surface area contributed by atoms with Gasteiger partial charge in [-0.2, -0.15) is 8.42 Å². The SMILES string of the molecule is O=S(=O)(Oc1cc(Cl)ccc1Cl)c1cc(Cl)c(Cl)cc1Cl. The first-order chi connectivity index (χ1) is 9.70. The standard InChI is InChI=1S/C12H5Cl5O3S/c13-6-1-2-7(14)11(3-6)20-21(18,19)12-5-9(16)8(15)4-10(12)17/h1-5H. The molecule has 0 saturated carbocycles. The maximum Gasteiger partial charge on any atom is 0.340 e. The van der Waals surface area contributed by atoms with Crippen molar-refractivity contribution in [3.05, 3.63) is 55.4 Å². The van der Waals surface area contributed by atoms with Crippen LogP contribution < -0.4 is 4.18 Å². The zero-order chi connectivity index (χ0) is 15.8. The predicted octanol–water partition coefficient (Wildman–Crippen LogP) is 5.72. The molecule has 0 heterocycles. The van der Waals surface area contributed by atoms with Crippen molar-refractivity contribution in [2.45, 2.75) is 4.90 Å². The molecule has 3 nitrogen and oxygen atoms in total. The van der Waals surface area contributed by atoms with Crippen molar-refractivity contribution in [2.24, 2.45) is 0 Å². The molecule has 0 aliphatic heterocycles. The van der Waals surface area contributed by atoms with Gasteiger partial charge < -0.3 is 4.18 Å². The normalized spacial score (nSPS) is 11.5. The molecule has 0 aromatic heterocycles. The second-order valence-corrected chi connectivity index (χ2v) is 7.39. The number of rotatable bonds is 3. The van der Waals surface area contributed by atoms with Gasteiger partial charge in [-0.05, 0) is 24.3 Å². The minimum atomic E-state index is -4.24. The predicted molar refractivity (Wildman–Crippen MR) is 85.7 cm³/mol. The highest BCUT2D eigenvalue weighted by molar-refractivity contribution is 7.87. The first-order valence-electron chi connectivity index (χ1n) is 5.25. The molecule has 0 fully saturated rings. The molecular formula is C12H5Cl5O3S. The Morgan fingerprint density at radius 2 is 1.38 bits per heavy atom. The average Bonchev–Trinajstić information content (AvgIpc) is 2.37. The van der Waals surface area contributed by atoms with E-state index >= 15 is 0 Å². The van der Waals surface area contributed by atoms with Gasteiger partial charge in [0.1, 0.15) is 4.90 Å². The summed E-state index contributed by atoms with van der Waals surface area (Å²) >= 11 is 29.0. The number of benzene rings is 2. The molecule has 0 spiro atoms. The Kier molecular flexibility index (Phi) is 5.19. The summed E-state index contributed by atoms with van der Waals surface area (Å²) in [5.74, 6) is -0.119. The lowest BCUT2D eigenvalue weighted by Gasteiger charge is -2.10. The minimum Gasteiger partial charge on any atom is -0.377 e. The van der Waals surface area contributed by atoms with Crippen molar-refractivity contribution < 1.29 is 12.6 Å². The quantitative estimate of drug-likeness (QED) is 0.484. The second kappa shape index (κ2) is 6.41. The molecule has 0 aliphatic carbocycles. The van der Waals surface area contributed by atoms with Crippen LogP contribution in [-0.2, 0) is 10.1 Å². The van der Waals surface area contributed by atoms with Crippen molar-refractivity contribution in [3.8, 4) is 5.75 Å². The molecule has 2 rings (SSSR count). The fourth-order valence-corrected chi connectivity index (χ4v) is 3.68. The van der Waals surface area contributed by atoms with Crippen LogP contribution in [0.1, 0.15) is 0 Å². The van der Waals surface area contributed by atoms with Crippen LogP contribution in [0, 0.1) is 0 Å². The zero-order valence-corrected chi connectivity index (χ0v) is 14.5. The van der Waals surface area contributed by atoms with Gasteiger partial charge in [-0.3, -0.25) is 0 Å². The molecule has 0 saturated heterocycles. The van der Waals surface area contributed by atoms with Gasteiger partial charge in [0.05, 0.1) is 20.1 Å². The van der Waals surface area contributed by atoms with Gasteiger partial charge in [0.15, 0.2) is 5.75 Å². The second-order valence-electron chi connectivity index (χ2n) is 3.81. The molecular weight excluding hydrogens is 401 g/mol. The third-order valence-corrected chi connectivity index (χ3v) is 5.31. The number of hydrogen-bond donors (Lipinski definition) is 0. The van der Waals surface area contributed by atoms with E-state index in [0.717, 1.165) is 6.07 Å². The van der Waals surface area contributed by atoms with Crippen molar-refractivity contribution in [1.82, 2.24) is 0 Å². The molecule has 2 aromatic carbocycles. The average molecular weight is 407 g/mol. The summed E-state index contributed by atoms with van der Waals surface area (Å²) in [4.78, 5) is -0.324. The van der Waals surface area contributed by atoms with Crippen molar-refractivity contribution in [1.29, 1.82) is 0 Å². The Bertz CT molecular complexity index is 805. The van der Waals surface area contributed by atoms with Crippen LogP contribution in [0.4, 0.5) is 0 Å². The van der Waals surface area contributed by atoms with Gasteiger partial charge in [-0.25, -0.2) is 0 Å². The van der Waals surface area contributed by atoms with Gasteiger partial charge in [0.2, 0.25) is 0 Å². The minimum absolute atomic E-state index is 0.0282. The van der Waals surface area contributed by atoms with Gasteiger partial charge in [0, 0.05) is 11.1 Å². The van der Waals surface area contributed by atoms with Crippen LogP contribution in [0.25, 0.3) is 0 Å². The summed E-state index contributed by atoms with van der Waals surface area (Å²) in [5, 5.41) is 0.383. The maximum atomic E-state index is 12.2. The fraction of sp³-hybridized carbons (Fsp3) is 0. The number of hydrogen-bond acceptors (Lipinski definition) is 3. The smallest absolute Gasteiger partial charge is 0.340 e. The summed E-state index contributed by atoms with van der Waals surface area (Å²) in [6.07, 6.45) is 0. The summed E-state index contributed by atoms with van der Waals surface area (Å²) in [5.41, 5.74) is 0. The van der Waals surface area contributed by atoms with Crippen LogP contribution >= 0.6 is 58.0 Å². The van der Waals surface area contributed by atoms with Crippen molar-refractivity contribution in [3.63, 3.8) is 0 Å². The van der Waals surface area contributed by atoms with Gasteiger partial charge in [-0.1, -0.05) is 58.0 Å². The van der Waals surface area contributed by atoms with E-state index in [1.807, 2.05) is 0 Å². The van der Waals surface area contributed by atoms with Crippen molar-refractivity contribution in [2.75, 3.05) is 0 Å². The zero-order valence-electron chi connectivity index (χ0n) is 9.91. The summed E-state index contributed by atoms with van der Waals surface area (Å²) < 4.78 is 29.4. The third kappa shape index (κ3) is 3.89. The van der Waals surface area contributed by atoms with E-state index in [-0.39, 0.29) is 35.8 Å². The lowest BCUT2D eigenvalue weighted by molar-refractivity contribution is 0.486. The van der Waals surface area contributed by atoms with E-state index in [4.69, 9.17) is 62.2 Å². The molecule has 0 unspecified atom stereocenters. The highest BCUT2D eigenvalue weighted by Gasteiger charge is 2.23. The summed E-state index contributed by atoms with van der Waals surface area (Å²) in [6, 6.07) is 6.48. The molecule has 21 heavy (non-hydrogen) atoms. The van der Waals surface area contributed by atoms with Gasteiger partial charge >= 0.3 is 10.1 Å². The fourth-order valence-electron chi connectivity index (χ4n) is 1.40. The third-order valence-electron chi connectivity index (χ3n) is 2.34. The van der Waals surface area contributed by atoms with E-state index in [9.17, 15) is 8.42 Å². The molecule has 0 bridgehead atoms. The Morgan fingerprint density at radius 3 is 2.05 bits per heavy atom. The van der Waals surface area contributed by atoms with Crippen LogP contribution in [0.15, 0.2) is 35.2 Å². The largest absolute Gasteiger partial charge is 0.377 e. The molecule has 2 aromatic rings. The molecule has 0 radical (unpaired) electrons. The van der Waals surface area contributed by atoms with Crippen molar-refractivity contribution >= 4 is 68.1 Å². The Labute approximate surface area is 146 Å².